The highest BCUT2D eigenvalue weighted by Crippen LogP contribution is 2.55. The second-order valence-electron chi connectivity index (χ2n) is 6.60. The fraction of sp³-hybridized carbons (Fsp3) is 0.846. The molecule has 0 aromatic heterocycles. The van der Waals surface area contributed by atoms with Gasteiger partial charge in [-0.15, -0.1) is 0 Å². The number of hydrogen-bond acceptors (Lipinski definition) is 2. The standard InChI is InChI=1S/C13H17Cl3N2OS/c14-13(15,16)10(19)17-11(20)18-12-4-7-1-8(5-12)3-9(2-7)6-12/h7-9H,1-6H2,(H2,17,18,19,20). The van der Waals surface area contributed by atoms with E-state index in [-0.39, 0.29) is 10.7 Å². The first-order valence-corrected chi connectivity index (χ1v) is 8.50. The van der Waals surface area contributed by atoms with Gasteiger partial charge >= 0.3 is 0 Å². The predicted octanol–water partition coefficient (Wildman–Crippen LogP) is 3.32. The fourth-order valence-electron chi connectivity index (χ4n) is 4.71. The third kappa shape index (κ3) is 3.03. The highest BCUT2D eigenvalue weighted by molar-refractivity contribution is 7.80. The Hall–Kier alpha value is 0.230. The molecule has 4 bridgehead atoms. The SMILES string of the molecule is O=C(NC(=S)NC12CC3CC(CC(C3)C1)C2)C(Cl)(Cl)Cl. The summed E-state index contributed by atoms with van der Waals surface area (Å²) in [6.45, 7) is 0. The Morgan fingerprint density at radius 2 is 1.50 bits per heavy atom. The zero-order chi connectivity index (χ0) is 14.5. The topological polar surface area (TPSA) is 41.1 Å². The minimum absolute atomic E-state index is 0.0483. The number of carbonyl (C=O) groups is 1. The van der Waals surface area contributed by atoms with Gasteiger partial charge in [0.05, 0.1) is 0 Å². The second-order valence-corrected chi connectivity index (χ2v) is 9.29. The van der Waals surface area contributed by atoms with E-state index in [0.717, 1.165) is 37.0 Å². The van der Waals surface area contributed by atoms with Gasteiger partial charge in [0.15, 0.2) is 5.11 Å². The molecule has 112 valence electrons. The second kappa shape index (κ2) is 5.15. The lowest BCUT2D eigenvalue weighted by atomic mass is 9.53. The van der Waals surface area contributed by atoms with Gasteiger partial charge in [0.2, 0.25) is 0 Å². The van der Waals surface area contributed by atoms with Crippen molar-refractivity contribution in [1.82, 2.24) is 10.6 Å². The summed E-state index contributed by atoms with van der Waals surface area (Å²) in [7, 11) is 0. The van der Waals surface area contributed by atoms with Crippen molar-refractivity contribution in [2.24, 2.45) is 17.8 Å². The minimum atomic E-state index is -1.98. The molecule has 1 amide bonds. The van der Waals surface area contributed by atoms with Crippen LogP contribution in [0.3, 0.4) is 0 Å². The quantitative estimate of drug-likeness (QED) is 0.560. The van der Waals surface area contributed by atoms with Crippen LogP contribution in [-0.4, -0.2) is 20.4 Å². The van der Waals surface area contributed by atoms with E-state index >= 15 is 0 Å². The Morgan fingerprint density at radius 3 is 1.90 bits per heavy atom. The van der Waals surface area contributed by atoms with Crippen molar-refractivity contribution in [1.29, 1.82) is 0 Å². The van der Waals surface area contributed by atoms with Crippen molar-refractivity contribution in [3.63, 3.8) is 0 Å². The molecule has 4 saturated carbocycles. The van der Waals surface area contributed by atoms with Crippen molar-refractivity contribution < 1.29 is 4.79 Å². The van der Waals surface area contributed by atoms with Crippen LogP contribution in [0, 0.1) is 17.8 Å². The molecular weight excluding hydrogens is 339 g/mol. The molecule has 7 heteroatoms. The van der Waals surface area contributed by atoms with Gasteiger partial charge in [0.25, 0.3) is 9.70 Å². The van der Waals surface area contributed by atoms with Crippen molar-refractivity contribution in [3.05, 3.63) is 0 Å². The van der Waals surface area contributed by atoms with Crippen LogP contribution in [0.15, 0.2) is 0 Å². The highest BCUT2D eigenvalue weighted by atomic mass is 35.6. The van der Waals surface area contributed by atoms with Crippen molar-refractivity contribution >= 4 is 58.0 Å². The van der Waals surface area contributed by atoms with Crippen LogP contribution in [0.4, 0.5) is 0 Å². The van der Waals surface area contributed by atoms with Crippen molar-refractivity contribution in [2.75, 3.05) is 0 Å². The summed E-state index contributed by atoms with van der Waals surface area (Å²) in [6, 6.07) is 0. The third-order valence-electron chi connectivity index (χ3n) is 4.90. The number of alkyl halides is 3. The average Bonchev–Trinajstić information content (AvgIpc) is 2.23. The summed E-state index contributed by atoms with van der Waals surface area (Å²) in [6.07, 6.45) is 7.49. The van der Waals surface area contributed by atoms with Gasteiger partial charge in [-0.3, -0.25) is 10.1 Å². The molecule has 4 aliphatic rings. The van der Waals surface area contributed by atoms with E-state index in [1.54, 1.807) is 0 Å². The maximum atomic E-state index is 11.6. The number of rotatable bonds is 1. The van der Waals surface area contributed by atoms with Crippen LogP contribution in [0.25, 0.3) is 0 Å². The van der Waals surface area contributed by atoms with E-state index in [4.69, 9.17) is 47.0 Å². The number of halogens is 3. The molecular formula is C13H17Cl3N2OS. The smallest absolute Gasteiger partial charge is 0.278 e. The number of carbonyl (C=O) groups excluding carboxylic acids is 1. The molecule has 4 rings (SSSR count). The van der Waals surface area contributed by atoms with E-state index in [1.807, 2.05) is 0 Å². The summed E-state index contributed by atoms with van der Waals surface area (Å²) in [5.41, 5.74) is 0.0483. The molecule has 0 aliphatic heterocycles. The van der Waals surface area contributed by atoms with Gasteiger partial charge in [-0.25, -0.2) is 0 Å². The molecule has 0 spiro atoms. The van der Waals surface area contributed by atoms with Crippen LogP contribution in [0.2, 0.25) is 0 Å². The molecule has 0 saturated heterocycles. The average molecular weight is 356 g/mol. The van der Waals surface area contributed by atoms with E-state index in [9.17, 15) is 4.79 Å². The normalized spacial score (nSPS) is 38.6. The summed E-state index contributed by atoms with van der Waals surface area (Å²) >= 11 is 21.8. The third-order valence-corrected chi connectivity index (χ3v) is 5.62. The Labute approximate surface area is 139 Å². The maximum absolute atomic E-state index is 11.6. The molecule has 0 aromatic carbocycles. The molecule has 0 unspecified atom stereocenters. The van der Waals surface area contributed by atoms with Gasteiger partial charge in [-0.2, -0.15) is 0 Å². The van der Waals surface area contributed by atoms with Crippen molar-refractivity contribution in [3.8, 4) is 0 Å². The van der Waals surface area contributed by atoms with E-state index in [0.29, 0.717) is 0 Å². The first-order chi connectivity index (χ1) is 9.26. The largest absolute Gasteiger partial charge is 0.357 e. The van der Waals surface area contributed by atoms with Crippen LogP contribution >= 0.6 is 47.0 Å². The van der Waals surface area contributed by atoms with Crippen LogP contribution in [0.5, 0.6) is 0 Å². The summed E-state index contributed by atoms with van der Waals surface area (Å²) < 4.78 is -1.98. The first-order valence-electron chi connectivity index (χ1n) is 6.96. The highest BCUT2D eigenvalue weighted by Gasteiger charge is 2.51. The fourth-order valence-corrected chi connectivity index (χ4v) is 5.16. The summed E-state index contributed by atoms with van der Waals surface area (Å²) in [5, 5.41) is 6.11. The van der Waals surface area contributed by atoms with Crippen LogP contribution in [-0.2, 0) is 4.79 Å². The van der Waals surface area contributed by atoms with Gasteiger partial charge in [-0.05, 0) is 68.5 Å². The zero-order valence-corrected chi connectivity index (χ0v) is 14.0. The number of thiocarbonyl (C=S) groups is 1. The van der Waals surface area contributed by atoms with E-state index in [2.05, 4.69) is 10.6 Å². The van der Waals surface area contributed by atoms with Crippen molar-refractivity contribution in [2.45, 2.75) is 47.9 Å². The minimum Gasteiger partial charge on any atom is -0.357 e. The molecule has 20 heavy (non-hydrogen) atoms. The maximum Gasteiger partial charge on any atom is 0.278 e. The lowest BCUT2D eigenvalue weighted by molar-refractivity contribution is -0.118. The predicted molar refractivity (Wildman–Crippen MR) is 85.1 cm³/mol. The number of hydrogen-bond donors (Lipinski definition) is 2. The molecule has 4 fully saturated rings. The Morgan fingerprint density at radius 1 is 1.05 bits per heavy atom. The number of nitrogens with one attached hydrogen (secondary N) is 2. The Balaban J connectivity index is 1.63. The van der Waals surface area contributed by atoms with Gasteiger partial charge < -0.3 is 5.32 Å². The van der Waals surface area contributed by atoms with Gasteiger partial charge in [-0.1, -0.05) is 34.8 Å². The molecule has 0 radical (unpaired) electrons. The molecule has 4 aliphatic carbocycles. The lowest BCUT2D eigenvalue weighted by Gasteiger charge is -2.57. The van der Waals surface area contributed by atoms with Gasteiger partial charge in [0, 0.05) is 5.54 Å². The molecule has 0 aromatic rings. The van der Waals surface area contributed by atoms with E-state index < -0.39 is 9.70 Å². The summed E-state index contributed by atoms with van der Waals surface area (Å²) in [5.74, 6) is 1.71. The van der Waals surface area contributed by atoms with E-state index in [1.165, 1.54) is 19.3 Å². The Bertz CT molecular complexity index is 414. The summed E-state index contributed by atoms with van der Waals surface area (Å²) in [4.78, 5) is 11.6. The molecule has 0 atom stereocenters. The van der Waals surface area contributed by atoms with Crippen LogP contribution in [0.1, 0.15) is 38.5 Å². The van der Waals surface area contributed by atoms with Crippen LogP contribution < -0.4 is 10.6 Å². The Kier molecular flexibility index (Phi) is 3.90. The molecule has 3 nitrogen and oxygen atoms in total. The van der Waals surface area contributed by atoms with Gasteiger partial charge in [0.1, 0.15) is 0 Å². The number of amides is 1. The monoisotopic (exact) mass is 354 g/mol. The zero-order valence-electron chi connectivity index (χ0n) is 10.9. The molecule has 0 heterocycles. The first kappa shape index (κ1) is 15.1. The lowest BCUT2D eigenvalue weighted by Crippen LogP contribution is -2.62. The molecule has 2 N–H and O–H groups in total.